The van der Waals surface area contributed by atoms with Crippen LogP contribution in [0.3, 0.4) is 0 Å². The van der Waals surface area contributed by atoms with Crippen molar-refractivity contribution in [3.63, 3.8) is 0 Å². The second-order valence-corrected chi connectivity index (χ2v) is 6.10. The number of piperidine rings is 1. The number of hydrogen-bond donors (Lipinski definition) is 1. The predicted octanol–water partition coefficient (Wildman–Crippen LogP) is 2.50. The number of carbonyl (C=O) groups excluding carboxylic acids is 2. The van der Waals surface area contributed by atoms with Crippen molar-refractivity contribution in [2.45, 2.75) is 32.7 Å². The molecule has 1 aromatic rings. The van der Waals surface area contributed by atoms with Crippen molar-refractivity contribution in [2.75, 3.05) is 13.1 Å². The third-order valence-electron chi connectivity index (χ3n) is 3.54. The highest BCUT2D eigenvalue weighted by Gasteiger charge is 2.25. The molecule has 1 aliphatic heterocycles. The molecule has 0 bridgehead atoms. The van der Waals surface area contributed by atoms with Gasteiger partial charge in [-0.25, -0.2) is 0 Å². The van der Waals surface area contributed by atoms with E-state index in [1.54, 1.807) is 0 Å². The molecular formula is C15H19BrN2O2. The first-order chi connectivity index (χ1) is 9.47. The van der Waals surface area contributed by atoms with Crippen LogP contribution >= 0.6 is 15.9 Å². The molecule has 0 radical (unpaired) electrons. The quantitative estimate of drug-likeness (QED) is 0.900. The van der Waals surface area contributed by atoms with Gasteiger partial charge in [0, 0.05) is 30.5 Å². The number of nitrogens with one attached hydrogen (secondary N) is 1. The van der Waals surface area contributed by atoms with E-state index in [9.17, 15) is 9.59 Å². The van der Waals surface area contributed by atoms with E-state index in [-0.39, 0.29) is 17.9 Å². The zero-order valence-corrected chi connectivity index (χ0v) is 13.4. The Morgan fingerprint density at radius 1 is 1.30 bits per heavy atom. The molecule has 0 spiro atoms. The van der Waals surface area contributed by atoms with Crippen LogP contribution in [-0.2, 0) is 4.79 Å². The standard InChI is InChI=1S/C15H19BrN2O2/c1-10-3-4-14(16)13(9-10)15(20)18-7-5-12(6-8-18)17-11(2)19/h3-4,9,12H,5-8H2,1-2H3,(H,17,19). The lowest BCUT2D eigenvalue weighted by Gasteiger charge is -2.32. The van der Waals surface area contributed by atoms with Crippen molar-refractivity contribution in [1.29, 1.82) is 0 Å². The summed E-state index contributed by atoms with van der Waals surface area (Å²) in [5.74, 6) is 0.0538. The maximum atomic E-state index is 12.5. The zero-order chi connectivity index (χ0) is 14.7. The number of aryl methyl sites for hydroxylation is 1. The SMILES string of the molecule is CC(=O)NC1CCN(C(=O)c2cc(C)ccc2Br)CC1. The van der Waals surface area contributed by atoms with Crippen LogP contribution in [0.5, 0.6) is 0 Å². The van der Waals surface area contributed by atoms with Crippen LogP contribution in [0.4, 0.5) is 0 Å². The lowest BCUT2D eigenvalue weighted by atomic mass is 10.0. The topological polar surface area (TPSA) is 49.4 Å². The van der Waals surface area contributed by atoms with Crippen molar-refractivity contribution < 1.29 is 9.59 Å². The summed E-state index contributed by atoms with van der Waals surface area (Å²) in [7, 11) is 0. The summed E-state index contributed by atoms with van der Waals surface area (Å²) >= 11 is 3.44. The van der Waals surface area contributed by atoms with Gasteiger partial charge in [0.2, 0.25) is 5.91 Å². The molecule has 0 unspecified atom stereocenters. The molecule has 1 aromatic carbocycles. The van der Waals surface area contributed by atoms with Crippen LogP contribution in [0.2, 0.25) is 0 Å². The summed E-state index contributed by atoms with van der Waals surface area (Å²) in [6, 6.07) is 5.99. The van der Waals surface area contributed by atoms with Gasteiger partial charge >= 0.3 is 0 Å². The molecule has 1 heterocycles. The van der Waals surface area contributed by atoms with Crippen LogP contribution in [0, 0.1) is 6.92 Å². The van der Waals surface area contributed by atoms with E-state index >= 15 is 0 Å². The minimum Gasteiger partial charge on any atom is -0.353 e. The number of nitrogens with zero attached hydrogens (tertiary/aromatic N) is 1. The lowest BCUT2D eigenvalue weighted by Crippen LogP contribution is -2.46. The van der Waals surface area contributed by atoms with Gasteiger partial charge in [-0.15, -0.1) is 0 Å². The maximum absolute atomic E-state index is 12.5. The molecule has 0 atom stereocenters. The van der Waals surface area contributed by atoms with Gasteiger partial charge in [0.15, 0.2) is 0 Å². The van der Waals surface area contributed by atoms with Gasteiger partial charge in [0.25, 0.3) is 5.91 Å². The molecule has 2 rings (SSSR count). The molecule has 1 fully saturated rings. The molecule has 0 aliphatic carbocycles. The molecule has 5 heteroatoms. The molecule has 4 nitrogen and oxygen atoms in total. The molecule has 0 saturated carbocycles. The molecule has 1 saturated heterocycles. The molecule has 1 N–H and O–H groups in total. The highest BCUT2D eigenvalue weighted by molar-refractivity contribution is 9.10. The van der Waals surface area contributed by atoms with Gasteiger partial charge in [-0.2, -0.15) is 0 Å². The first kappa shape index (κ1) is 15.0. The fraction of sp³-hybridized carbons (Fsp3) is 0.467. The average Bonchev–Trinajstić information content (AvgIpc) is 2.41. The Kier molecular flexibility index (Phi) is 4.81. The first-order valence-electron chi connectivity index (χ1n) is 6.80. The zero-order valence-electron chi connectivity index (χ0n) is 11.8. The highest BCUT2D eigenvalue weighted by Crippen LogP contribution is 2.22. The van der Waals surface area contributed by atoms with E-state index in [1.165, 1.54) is 6.92 Å². The smallest absolute Gasteiger partial charge is 0.255 e. The maximum Gasteiger partial charge on any atom is 0.255 e. The second kappa shape index (κ2) is 6.39. The third-order valence-corrected chi connectivity index (χ3v) is 4.23. The van der Waals surface area contributed by atoms with Crippen LogP contribution in [-0.4, -0.2) is 35.8 Å². The van der Waals surface area contributed by atoms with Crippen molar-refractivity contribution in [1.82, 2.24) is 10.2 Å². The Hall–Kier alpha value is -1.36. The predicted molar refractivity (Wildman–Crippen MR) is 81.6 cm³/mol. The Bertz CT molecular complexity index is 523. The Morgan fingerprint density at radius 2 is 1.95 bits per heavy atom. The van der Waals surface area contributed by atoms with E-state index < -0.39 is 0 Å². The number of benzene rings is 1. The summed E-state index contributed by atoms with van der Waals surface area (Å²) in [6.45, 7) is 4.88. The highest BCUT2D eigenvalue weighted by atomic mass is 79.9. The summed E-state index contributed by atoms with van der Waals surface area (Å²) in [4.78, 5) is 25.4. The van der Waals surface area contributed by atoms with Crippen LogP contribution in [0.25, 0.3) is 0 Å². The summed E-state index contributed by atoms with van der Waals surface area (Å²) in [5, 5.41) is 2.92. The van der Waals surface area contributed by atoms with Gasteiger partial charge < -0.3 is 10.2 Å². The van der Waals surface area contributed by atoms with Gasteiger partial charge in [0.1, 0.15) is 0 Å². The monoisotopic (exact) mass is 338 g/mol. The number of halogens is 1. The number of hydrogen-bond acceptors (Lipinski definition) is 2. The van der Waals surface area contributed by atoms with Crippen molar-refractivity contribution >= 4 is 27.7 Å². The van der Waals surface area contributed by atoms with E-state index in [0.29, 0.717) is 18.7 Å². The molecule has 2 amide bonds. The van der Waals surface area contributed by atoms with Crippen LogP contribution in [0.1, 0.15) is 35.7 Å². The van der Waals surface area contributed by atoms with Gasteiger partial charge in [0.05, 0.1) is 5.56 Å². The Balaban J connectivity index is 2.01. The minimum atomic E-state index is -0.00351. The van der Waals surface area contributed by atoms with E-state index in [2.05, 4.69) is 21.2 Å². The second-order valence-electron chi connectivity index (χ2n) is 5.25. The van der Waals surface area contributed by atoms with Crippen molar-refractivity contribution in [3.05, 3.63) is 33.8 Å². The van der Waals surface area contributed by atoms with Crippen LogP contribution in [0.15, 0.2) is 22.7 Å². The van der Waals surface area contributed by atoms with Crippen molar-refractivity contribution in [2.24, 2.45) is 0 Å². The van der Waals surface area contributed by atoms with E-state index in [1.807, 2.05) is 30.0 Å². The molecule has 1 aliphatic rings. The number of carbonyl (C=O) groups is 2. The first-order valence-corrected chi connectivity index (χ1v) is 7.59. The average molecular weight is 339 g/mol. The fourth-order valence-corrected chi connectivity index (χ4v) is 2.90. The molecule has 0 aromatic heterocycles. The number of amides is 2. The van der Waals surface area contributed by atoms with E-state index in [0.717, 1.165) is 22.9 Å². The molecular weight excluding hydrogens is 320 g/mol. The summed E-state index contributed by atoms with van der Waals surface area (Å²) in [6.07, 6.45) is 1.63. The Morgan fingerprint density at radius 3 is 2.55 bits per heavy atom. The fourth-order valence-electron chi connectivity index (χ4n) is 2.49. The number of rotatable bonds is 2. The summed E-state index contributed by atoms with van der Waals surface area (Å²) in [5.41, 5.74) is 1.78. The van der Waals surface area contributed by atoms with Crippen molar-refractivity contribution in [3.8, 4) is 0 Å². The van der Waals surface area contributed by atoms with Gasteiger partial charge in [-0.1, -0.05) is 11.6 Å². The lowest BCUT2D eigenvalue weighted by molar-refractivity contribution is -0.119. The largest absolute Gasteiger partial charge is 0.353 e. The minimum absolute atomic E-state index is 0.00351. The molecule has 108 valence electrons. The third kappa shape index (κ3) is 3.60. The Labute approximate surface area is 127 Å². The van der Waals surface area contributed by atoms with Gasteiger partial charge in [-0.3, -0.25) is 9.59 Å². The van der Waals surface area contributed by atoms with E-state index in [4.69, 9.17) is 0 Å². The molecule has 20 heavy (non-hydrogen) atoms. The van der Waals surface area contributed by atoms with Crippen LogP contribution < -0.4 is 5.32 Å². The number of likely N-dealkylation sites (tertiary alicyclic amines) is 1. The van der Waals surface area contributed by atoms with Gasteiger partial charge in [-0.05, 0) is 47.8 Å². The normalized spacial score (nSPS) is 16.1. The summed E-state index contributed by atoms with van der Waals surface area (Å²) < 4.78 is 0.831.